The van der Waals surface area contributed by atoms with Crippen molar-refractivity contribution in [2.24, 2.45) is 23.7 Å². The summed E-state index contributed by atoms with van der Waals surface area (Å²) in [4.78, 5) is 0. The quantitative estimate of drug-likeness (QED) is 0.184. The first kappa shape index (κ1) is 34.5. The highest BCUT2D eigenvalue weighted by Gasteiger charge is 2.50. The van der Waals surface area contributed by atoms with Crippen LogP contribution in [0.2, 0.25) is 5.04 Å². The standard InChI is InChI=1S/C39H58O5Si/c1-29-21-22-30-14-13-19-36(41)38(30)35(29)24-23-31(40)28-32(44-37-20-11-12-26-42-37)25-27-43-45(39(2,3)4,33-15-7-5-8-16-33)34-17-9-6-10-18-34/h5-10,15-18,21-22,29-32,35-38,40-41H,11-14,19-20,23-28H2,1-4H3/t29-,30+,31-,32+,35-,36-,37?,38-/m0/s1. The summed E-state index contributed by atoms with van der Waals surface area (Å²) < 4.78 is 19.8. The van der Waals surface area contributed by atoms with Crippen molar-refractivity contribution in [3.63, 3.8) is 0 Å². The maximum atomic E-state index is 11.4. The Morgan fingerprint density at radius 3 is 2.20 bits per heavy atom. The number of hydrogen-bond acceptors (Lipinski definition) is 5. The van der Waals surface area contributed by atoms with Gasteiger partial charge in [-0.05, 0) is 96.9 Å². The summed E-state index contributed by atoms with van der Waals surface area (Å²) in [6.07, 6.45) is 12.8. The number of hydrogen-bond donors (Lipinski definition) is 2. The molecular formula is C39H58O5Si. The molecule has 0 aromatic heterocycles. The lowest BCUT2D eigenvalue weighted by atomic mass is 9.62. The van der Waals surface area contributed by atoms with Gasteiger partial charge < -0.3 is 24.1 Å². The Bertz CT molecular complexity index is 1140. The van der Waals surface area contributed by atoms with Gasteiger partial charge in [0.1, 0.15) is 0 Å². The second kappa shape index (κ2) is 15.9. The van der Waals surface area contributed by atoms with Crippen LogP contribution in [-0.2, 0) is 13.9 Å². The Kier molecular flexibility index (Phi) is 12.2. The lowest BCUT2D eigenvalue weighted by molar-refractivity contribution is -0.195. The zero-order valence-electron chi connectivity index (χ0n) is 28.2. The molecule has 1 aliphatic heterocycles. The molecule has 8 atom stereocenters. The Labute approximate surface area is 273 Å². The summed E-state index contributed by atoms with van der Waals surface area (Å²) in [5, 5.41) is 24.8. The molecule has 5 rings (SSSR count). The molecule has 2 aromatic rings. The summed E-state index contributed by atoms with van der Waals surface area (Å²) >= 11 is 0. The van der Waals surface area contributed by atoms with Crippen molar-refractivity contribution in [3.8, 4) is 0 Å². The molecule has 0 spiro atoms. The van der Waals surface area contributed by atoms with E-state index in [4.69, 9.17) is 13.9 Å². The third-order valence-electron chi connectivity index (χ3n) is 10.8. The molecular weight excluding hydrogens is 577 g/mol. The van der Waals surface area contributed by atoms with Crippen LogP contribution < -0.4 is 10.4 Å². The van der Waals surface area contributed by atoms with E-state index in [1.807, 2.05) is 0 Å². The lowest BCUT2D eigenvalue weighted by Crippen LogP contribution is -2.66. The van der Waals surface area contributed by atoms with Crippen molar-refractivity contribution in [2.75, 3.05) is 13.2 Å². The molecule has 0 radical (unpaired) electrons. The molecule has 1 unspecified atom stereocenters. The number of aliphatic hydroxyl groups is 2. The third-order valence-corrected chi connectivity index (χ3v) is 15.9. The molecule has 248 valence electrons. The van der Waals surface area contributed by atoms with Crippen LogP contribution in [0.25, 0.3) is 0 Å². The smallest absolute Gasteiger partial charge is 0.261 e. The first-order valence-electron chi connectivity index (χ1n) is 17.8. The van der Waals surface area contributed by atoms with Crippen molar-refractivity contribution in [2.45, 2.75) is 122 Å². The van der Waals surface area contributed by atoms with Gasteiger partial charge in [-0.2, -0.15) is 0 Å². The fraction of sp³-hybridized carbons (Fsp3) is 0.641. The zero-order chi connectivity index (χ0) is 31.9. The first-order valence-corrected chi connectivity index (χ1v) is 19.7. The van der Waals surface area contributed by atoms with E-state index in [1.54, 1.807) is 0 Å². The van der Waals surface area contributed by atoms with Gasteiger partial charge in [0.05, 0.1) is 18.3 Å². The lowest BCUT2D eigenvalue weighted by Gasteiger charge is -2.44. The van der Waals surface area contributed by atoms with Crippen molar-refractivity contribution in [3.05, 3.63) is 72.8 Å². The maximum absolute atomic E-state index is 11.4. The molecule has 1 saturated heterocycles. The number of benzene rings is 2. The van der Waals surface area contributed by atoms with Crippen LogP contribution in [-0.4, -0.2) is 56.3 Å². The minimum absolute atomic E-state index is 0.0925. The average molecular weight is 635 g/mol. The third kappa shape index (κ3) is 8.38. The van der Waals surface area contributed by atoms with Crippen LogP contribution in [0.5, 0.6) is 0 Å². The van der Waals surface area contributed by atoms with Gasteiger partial charge in [0.2, 0.25) is 0 Å². The number of allylic oxidation sites excluding steroid dienone is 2. The normalized spacial score (nSPS) is 28.8. The zero-order valence-corrected chi connectivity index (χ0v) is 29.2. The van der Waals surface area contributed by atoms with Crippen molar-refractivity contribution in [1.82, 2.24) is 0 Å². The molecule has 1 heterocycles. The van der Waals surface area contributed by atoms with Crippen LogP contribution in [0, 0.1) is 23.7 Å². The average Bonchev–Trinajstić information content (AvgIpc) is 3.03. The predicted octanol–water partition coefficient (Wildman–Crippen LogP) is 7.00. The van der Waals surface area contributed by atoms with E-state index >= 15 is 0 Å². The molecule has 2 aromatic carbocycles. The molecule has 2 N–H and O–H groups in total. The highest BCUT2D eigenvalue weighted by Crippen LogP contribution is 2.45. The summed E-state index contributed by atoms with van der Waals surface area (Å²) in [5.41, 5.74) is 0. The van der Waals surface area contributed by atoms with Gasteiger partial charge in [-0.1, -0.05) is 107 Å². The Morgan fingerprint density at radius 2 is 1.58 bits per heavy atom. The molecule has 45 heavy (non-hydrogen) atoms. The monoisotopic (exact) mass is 634 g/mol. The van der Waals surface area contributed by atoms with Gasteiger partial charge in [-0.3, -0.25) is 0 Å². The van der Waals surface area contributed by atoms with E-state index in [2.05, 4.69) is 101 Å². The largest absolute Gasteiger partial charge is 0.407 e. The molecule has 0 amide bonds. The topological polar surface area (TPSA) is 68.2 Å². The number of aliphatic hydroxyl groups excluding tert-OH is 2. The van der Waals surface area contributed by atoms with E-state index in [0.29, 0.717) is 43.1 Å². The summed E-state index contributed by atoms with van der Waals surface area (Å²) in [6, 6.07) is 21.5. The minimum Gasteiger partial charge on any atom is -0.407 e. The van der Waals surface area contributed by atoms with Crippen LogP contribution in [0.4, 0.5) is 0 Å². The molecule has 0 bridgehead atoms. The van der Waals surface area contributed by atoms with E-state index in [9.17, 15) is 10.2 Å². The molecule has 2 fully saturated rings. The van der Waals surface area contributed by atoms with E-state index < -0.39 is 14.4 Å². The van der Waals surface area contributed by atoms with E-state index in [1.165, 1.54) is 16.8 Å². The summed E-state index contributed by atoms with van der Waals surface area (Å²) in [5.74, 6) is 1.62. The molecule has 5 nitrogen and oxygen atoms in total. The van der Waals surface area contributed by atoms with E-state index in [0.717, 1.165) is 51.6 Å². The highest BCUT2D eigenvalue weighted by molar-refractivity contribution is 6.99. The second-order valence-corrected chi connectivity index (χ2v) is 19.3. The fourth-order valence-electron chi connectivity index (χ4n) is 8.51. The Balaban J connectivity index is 1.28. The predicted molar refractivity (Wildman–Crippen MR) is 185 cm³/mol. The molecule has 1 saturated carbocycles. The molecule has 6 heteroatoms. The molecule has 3 aliphatic rings. The van der Waals surface area contributed by atoms with E-state index in [-0.39, 0.29) is 23.5 Å². The van der Waals surface area contributed by atoms with Gasteiger partial charge in [-0.25, -0.2) is 0 Å². The van der Waals surface area contributed by atoms with Crippen LogP contribution >= 0.6 is 0 Å². The van der Waals surface area contributed by atoms with Crippen molar-refractivity contribution < 1.29 is 24.1 Å². The van der Waals surface area contributed by atoms with Crippen LogP contribution in [0.1, 0.15) is 91.9 Å². The van der Waals surface area contributed by atoms with Crippen molar-refractivity contribution in [1.29, 1.82) is 0 Å². The van der Waals surface area contributed by atoms with Gasteiger partial charge in [-0.15, -0.1) is 0 Å². The first-order chi connectivity index (χ1) is 21.7. The highest BCUT2D eigenvalue weighted by atomic mass is 28.4. The van der Waals surface area contributed by atoms with Gasteiger partial charge >= 0.3 is 0 Å². The summed E-state index contributed by atoms with van der Waals surface area (Å²) in [7, 11) is -2.66. The van der Waals surface area contributed by atoms with Crippen molar-refractivity contribution >= 4 is 18.7 Å². The van der Waals surface area contributed by atoms with Gasteiger partial charge in [0.15, 0.2) is 6.29 Å². The van der Waals surface area contributed by atoms with Gasteiger partial charge in [0.25, 0.3) is 8.32 Å². The maximum Gasteiger partial charge on any atom is 0.261 e. The number of rotatable bonds is 13. The van der Waals surface area contributed by atoms with Gasteiger partial charge in [0, 0.05) is 13.2 Å². The SMILES string of the molecule is C[C@H]1C=C[C@H]2CCC[C@H](O)[C@@H]2[C@H]1CC[C@H](O)C[C@@H](CCO[Si](c1ccccc1)(c1ccccc1)C(C)(C)C)OC1CCCCO1. The van der Waals surface area contributed by atoms with Crippen LogP contribution in [0.3, 0.4) is 0 Å². The Hall–Kier alpha value is -1.80. The second-order valence-electron chi connectivity index (χ2n) is 15.0. The minimum atomic E-state index is -2.66. The Morgan fingerprint density at radius 1 is 0.889 bits per heavy atom. The summed E-state index contributed by atoms with van der Waals surface area (Å²) in [6.45, 7) is 10.5. The number of fused-ring (bicyclic) bond motifs is 1. The number of ether oxygens (including phenoxy) is 2. The van der Waals surface area contributed by atoms with Crippen LogP contribution in [0.15, 0.2) is 72.8 Å². The molecule has 2 aliphatic carbocycles. The fourth-order valence-corrected chi connectivity index (χ4v) is 13.1.